The molecule has 6 heteroatoms. The Labute approximate surface area is 185 Å². The third-order valence-electron chi connectivity index (χ3n) is 5.47. The molecule has 3 aromatic heterocycles. The maximum atomic E-state index is 9.59. The fourth-order valence-electron chi connectivity index (χ4n) is 4.02. The van der Waals surface area contributed by atoms with E-state index < -0.39 is 0 Å². The Morgan fingerprint density at radius 2 is 1.83 bits per heavy atom. The van der Waals surface area contributed by atoms with Gasteiger partial charge in [0.05, 0.1) is 22.3 Å². The molecule has 5 nitrogen and oxygen atoms in total. The Morgan fingerprint density at radius 3 is 2.47 bits per heavy atom. The van der Waals surface area contributed by atoms with Crippen LogP contribution in [0.25, 0.3) is 22.4 Å². The van der Waals surface area contributed by atoms with Gasteiger partial charge in [0, 0.05) is 24.9 Å². The molecular weight excluding hydrogens is 438 g/mol. The van der Waals surface area contributed by atoms with Crippen LogP contribution in [0.1, 0.15) is 42.1 Å². The summed E-state index contributed by atoms with van der Waals surface area (Å²) in [6, 6.07) is 12.9. The smallest absolute Gasteiger partial charge is 0.160 e. The number of aryl methyl sites for hydroxylation is 4. The van der Waals surface area contributed by atoms with Gasteiger partial charge in [-0.2, -0.15) is 5.26 Å². The molecule has 152 valence electrons. The van der Waals surface area contributed by atoms with Gasteiger partial charge in [-0.15, -0.1) is 0 Å². The number of rotatable bonds is 5. The summed E-state index contributed by atoms with van der Waals surface area (Å²) in [5, 5.41) is 9.59. The van der Waals surface area contributed by atoms with E-state index in [1.807, 2.05) is 13.1 Å². The van der Waals surface area contributed by atoms with Gasteiger partial charge in [-0.1, -0.05) is 31.2 Å². The van der Waals surface area contributed by atoms with Crippen LogP contribution < -0.4 is 0 Å². The number of fused-ring (bicyclic) bond motifs is 1. The van der Waals surface area contributed by atoms with Crippen LogP contribution in [0, 0.1) is 25.2 Å². The Kier molecular flexibility index (Phi) is 5.48. The molecular formula is C24H24BrN5. The maximum Gasteiger partial charge on any atom is 0.160 e. The summed E-state index contributed by atoms with van der Waals surface area (Å²) >= 11 is 3.51. The van der Waals surface area contributed by atoms with Crippen molar-refractivity contribution in [2.24, 2.45) is 0 Å². The highest BCUT2D eigenvalue weighted by molar-refractivity contribution is 9.10. The Morgan fingerprint density at radius 1 is 1.10 bits per heavy atom. The lowest BCUT2D eigenvalue weighted by Gasteiger charge is -2.11. The van der Waals surface area contributed by atoms with E-state index in [4.69, 9.17) is 9.97 Å². The van der Waals surface area contributed by atoms with Crippen molar-refractivity contribution in [3.63, 3.8) is 0 Å². The van der Waals surface area contributed by atoms with Crippen molar-refractivity contribution in [1.82, 2.24) is 19.1 Å². The second-order valence-electron chi connectivity index (χ2n) is 7.52. The lowest BCUT2D eigenvalue weighted by atomic mass is 10.1. The van der Waals surface area contributed by atoms with Crippen LogP contribution in [0.3, 0.4) is 0 Å². The molecule has 30 heavy (non-hydrogen) atoms. The molecule has 3 heterocycles. The predicted molar refractivity (Wildman–Crippen MR) is 123 cm³/mol. The minimum Gasteiger partial charge on any atom is -0.345 e. The van der Waals surface area contributed by atoms with Crippen molar-refractivity contribution in [3.8, 4) is 17.3 Å². The minimum absolute atomic E-state index is 0.675. The zero-order chi connectivity index (χ0) is 21.4. The lowest BCUT2D eigenvalue weighted by Crippen LogP contribution is -2.06. The van der Waals surface area contributed by atoms with Crippen LogP contribution in [0.5, 0.6) is 0 Å². The van der Waals surface area contributed by atoms with Crippen molar-refractivity contribution in [3.05, 3.63) is 69.2 Å². The van der Waals surface area contributed by atoms with E-state index in [9.17, 15) is 5.26 Å². The van der Waals surface area contributed by atoms with E-state index in [0.29, 0.717) is 5.56 Å². The normalized spacial score (nSPS) is 11.2. The van der Waals surface area contributed by atoms with Gasteiger partial charge in [0.15, 0.2) is 5.65 Å². The maximum absolute atomic E-state index is 9.59. The number of benzene rings is 1. The molecule has 0 saturated heterocycles. The number of aromatic nitrogens is 4. The number of nitrogens with zero attached hydrogens (tertiary/aromatic N) is 5. The Hall–Kier alpha value is -2.91. The largest absolute Gasteiger partial charge is 0.345 e. The second kappa shape index (κ2) is 8.08. The van der Waals surface area contributed by atoms with Gasteiger partial charge < -0.3 is 9.13 Å². The Bertz CT molecular complexity index is 1270. The van der Waals surface area contributed by atoms with Gasteiger partial charge in [0.25, 0.3) is 0 Å². The van der Waals surface area contributed by atoms with E-state index in [2.05, 4.69) is 82.2 Å². The van der Waals surface area contributed by atoms with Crippen LogP contribution in [-0.4, -0.2) is 19.1 Å². The predicted octanol–water partition coefficient (Wildman–Crippen LogP) is 5.78. The number of imidazole rings is 1. The molecule has 0 amide bonds. The first-order valence-electron chi connectivity index (χ1n) is 10.2. The highest BCUT2D eigenvalue weighted by Gasteiger charge is 2.16. The molecule has 0 aliphatic rings. The highest BCUT2D eigenvalue weighted by atomic mass is 79.9. The number of nitriles is 1. The average molecular weight is 462 g/mol. The van der Waals surface area contributed by atoms with Crippen LogP contribution in [-0.2, 0) is 19.5 Å². The summed E-state index contributed by atoms with van der Waals surface area (Å²) in [5.41, 5.74) is 7.95. The van der Waals surface area contributed by atoms with Gasteiger partial charge in [-0.05, 0) is 59.5 Å². The van der Waals surface area contributed by atoms with Gasteiger partial charge in [0.2, 0.25) is 0 Å². The first-order chi connectivity index (χ1) is 14.5. The molecule has 0 unspecified atom stereocenters. The van der Waals surface area contributed by atoms with Gasteiger partial charge in [-0.25, -0.2) is 9.97 Å². The van der Waals surface area contributed by atoms with E-state index in [0.717, 1.165) is 63.5 Å². The third-order valence-corrected chi connectivity index (χ3v) is 6.07. The first kappa shape index (κ1) is 20.4. The molecule has 0 aliphatic carbocycles. The SMILES string of the molecule is CCc1nc2c(C)cc(C)nc2n1Cc1ccc(-c2c(C#N)c(Br)cn2CC)cc1. The zero-order valence-corrected chi connectivity index (χ0v) is 19.3. The quantitative estimate of drug-likeness (QED) is 0.378. The van der Waals surface area contributed by atoms with Crippen LogP contribution in [0.15, 0.2) is 41.0 Å². The van der Waals surface area contributed by atoms with Crippen LogP contribution >= 0.6 is 15.9 Å². The van der Waals surface area contributed by atoms with Crippen LogP contribution in [0.2, 0.25) is 0 Å². The molecule has 0 saturated carbocycles. The molecule has 4 aromatic rings. The molecule has 0 bridgehead atoms. The minimum atomic E-state index is 0.675. The molecule has 0 aliphatic heterocycles. The van der Waals surface area contributed by atoms with Crippen molar-refractivity contribution in [2.45, 2.75) is 47.2 Å². The molecule has 0 fully saturated rings. The number of hydrogen-bond donors (Lipinski definition) is 0. The lowest BCUT2D eigenvalue weighted by molar-refractivity contribution is 0.745. The number of halogens is 1. The third kappa shape index (κ3) is 3.44. The summed E-state index contributed by atoms with van der Waals surface area (Å²) in [4.78, 5) is 9.61. The summed E-state index contributed by atoms with van der Waals surface area (Å²) in [7, 11) is 0. The number of hydrogen-bond acceptors (Lipinski definition) is 3. The van der Waals surface area contributed by atoms with Crippen molar-refractivity contribution in [1.29, 1.82) is 5.26 Å². The molecule has 0 spiro atoms. The van der Waals surface area contributed by atoms with E-state index in [1.54, 1.807) is 0 Å². The monoisotopic (exact) mass is 461 g/mol. The van der Waals surface area contributed by atoms with Crippen LogP contribution in [0.4, 0.5) is 0 Å². The summed E-state index contributed by atoms with van der Waals surface area (Å²) in [6.07, 6.45) is 2.83. The summed E-state index contributed by atoms with van der Waals surface area (Å²) < 4.78 is 5.16. The van der Waals surface area contributed by atoms with E-state index >= 15 is 0 Å². The summed E-state index contributed by atoms with van der Waals surface area (Å²) in [5.74, 6) is 1.05. The zero-order valence-electron chi connectivity index (χ0n) is 17.7. The molecule has 4 rings (SSSR count). The first-order valence-corrected chi connectivity index (χ1v) is 11.0. The second-order valence-corrected chi connectivity index (χ2v) is 8.37. The molecule has 0 atom stereocenters. The summed E-state index contributed by atoms with van der Waals surface area (Å²) in [6.45, 7) is 9.86. The van der Waals surface area contributed by atoms with Gasteiger partial charge >= 0.3 is 0 Å². The molecule has 0 radical (unpaired) electrons. The fraction of sp³-hybridized carbons (Fsp3) is 0.292. The highest BCUT2D eigenvalue weighted by Crippen LogP contribution is 2.31. The van der Waals surface area contributed by atoms with E-state index in [1.165, 1.54) is 5.56 Å². The van der Waals surface area contributed by atoms with Crippen molar-refractivity contribution < 1.29 is 0 Å². The van der Waals surface area contributed by atoms with Gasteiger partial charge in [0.1, 0.15) is 17.4 Å². The number of pyridine rings is 1. The standard InChI is InChI=1S/C24H24BrN5/c1-5-21-28-22-15(3)11-16(4)27-24(22)30(21)13-17-7-9-18(10-8-17)23-19(12-26)20(25)14-29(23)6-2/h7-11,14H,5-6,13H2,1-4H3. The van der Waals surface area contributed by atoms with Crippen molar-refractivity contribution in [2.75, 3.05) is 0 Å². The molecule has 0 N–H and O–H groups in total. The van der Waals surface area contributed by atoms with Crippen molar-refractivity contribution >= 4 is 27.1 Å². The van der Waals surface area contributed by atoms with E-state index in [-0.39, 0.29) is 0 Å². The fourth-order valence-corrected chi connectivity index (χ4v) is 4.55. The molecule has 1 aromatic carbocycles. The van der Waals surface area contributed by atoms with Gasteiger partial charge in [-0.3, -0.25) is 0 Å². The Balaban J connectivity index is 1.73. The average Bonchev–Trinajstić information content (AvgIpc) is 3.25. The topological polar surface area (TPSA) is 59.4 Å².